The molecule has 28 heavy (non-hydrogen) atoms. The summed E-state index contributed by atoms with van der Waals surface area (Å²) in [4.78, 5) is 12.5. The van der Waals surface area contributed by atoms with Gasteiger partial charge < -0.3 is 9.52 Å². The third kappa shape index (κ3) is 4.57. The number of hydrogen-bond acceptors (Lipinski definition) is 3. The van der Waals surface area contributed by atoms with E-state index in [9.17, 15) is 9.90 Å². The lowest BCUT2D eigenvalue weighted by atomic mass is 9.95. The maximum atomic E-state index is 12.5. The van der Waals surface area contributed by atoms with Crippen LogP contribution in [0.2, 0.25) is 0 Å². The summed E-state index contributed by atoms with van der Waals surface area (Å²) in [5.41, 5.74) is 2.03. The molecule has 0 bridgehead atoms. The van der Waals surface area contributed by atoms with Gasteiger partial charge in [-0.3, -0.25) is 0 Å². The van der Waals surface area contributed by atoms with Gasteiger partial charge in [0, 0.05) is 10.8 Å². The van der Waals surface area contributed by atoms with Crippen molar-refractivity contribution in [1.29, 1.82) is 0 Å². The molecule has 3 aromatic rings. The molecular formula is C25H32O3. The van der Waals surface area contributed by atoms with Crippen LogP contribution < -0.4 is 5.63 Å². The summed E-state index contributed by atoms with van der Waals surface area (Å²) >= 11 is 0. The number of phenolic OH excluding ortho intramolecular Hbond substituents is 1. The summed E-state index contributed by atoms with van der Waals surface area (Å²) in [7, 11) is 0. The van der Waals surface area contributed by atoms with Gasteiger partial charge in [-0.1, -0.05) is 76.5 Å². The largest absolute Gasteiger partial charge is 0.507 e. The molecule has 3 rings (SSSR count). The average Bonchev–Trinajstić information content (AvgIpc) is 2.68. The molecule has 0 spiro atoms. The molecule has 0 saturated heterocycles. The van der Waals surface area contributed by atoms with Crippen LogP contribution in [0.15, 0.2) is 39.5 Å². The molecule has 0 amide bonds. The van der Waals surface area contributed by atoms with E-state index in [-0.39, 0.29) is 5.75 Å². The summed E-state index contributed by atoms with van der Waals surface area (Å²) < 4.78 is 5.43. The summed E-state index contributed by atoms with van der Waals surface area (Å²) in [5.74, 6) is 0.106. The SMILES string of the molecule is CCCCCCCCCCCc1c(C)cc2c(c1O)c(=O)oc1ccccc12. The van der Waals surface area contributed by atoms with Crippen molar-refractivity contribution in [3.8, 4) is 5.75 Å². The van der Waals surface area contributed by atoms with E-state index in [2.05, 4.69) is 6.92 Å². The first-order chi connectivity index (χ1) is 13.6. The van der Waals surface area contributed by atoms with E-state index in [0.717, 1.165) is 41.2 Å². The molecule has 150 valence electrons. The Balaban J connectivity index is 1.68. The highest BCUT2D eigenvalue weighted by Crippen LogP contribution is 2.34. The predicted octanol–water partition coefficient (Wildman–Crippen LogP) is 7.03. The third-order valence-corrected chi connectivity index (χ3v) is 5.74. The Labute approximate surface area is 167 Å². The van der Waals surface area contributed by atoms with E-state index in [0.29, 0.717) is 11.0 Å². The fourth-order valence-electron chi connectivity index (χ4n) is 4.12. The number of para-hydroxylation sites is 1. The van der Waals surface area contributed by atoms with Crippen molar-refractivity contribution in [2.75, 3.05) is 0 Å². The van der Waals surface area contributed by atoms with Gasteiger partial charge in [0.25, 0.3) is 0 Å². The van der Waals surface area contributed by atoms with Gasteiger partial charge in [0.2, 0.25) is 0 Å². The molecule has 0 unspecified atom stereocenters. The maximum absolute atomic E-state index is 12.5. The number of benzene rings is 2. The van der Waals surface area contributed by atoms with E-state index >= 15 is 0 Å². The van der Waals surface area contributed by atoms with E-state index in [4.69, 9.17) is 4.42 Å². The quantitative estimate of drug-likeness (QED) is 0.233. The van der Waals surface area contributed by atoms with E-state index in [1.54, 1.807) is 6.07 Å². The first-order valence-corrected chi connectivity index (χ1v) is 10.8. The van der Waals surface area contributed by atoms with Crippen LogP contribution in [0, 0.1) is 6.92 Å². The van der Waals surface area contributed by atoms with Gasteiger partial charge >= 0.3 is 5.63 Å². The minimum atomic E-state index is -0.459. The van der Waals surface area contributed by atoms with E-state index in [1.165, 1.54) is 44.9 Å². The van der Waals surface area contributed by atoms with Crippen molar-refractivity contribution in [2.24, 2.45) is 0 Å². The highest BCUT2D eigenvalue weighted by molar-refractivity contribution is 6.07. The van der Waals surface area contributed by atoms with Crippen LogP contribution in [-0.2, 0) is 6.42 Å². The van der Waals surface area contributed by atoms with Crippen LogP contribution in [0.5, 0.6) is 5.75 Å². The Hall–Kier alpha value is -2.29. The molecule has 1 N–H and O–H groups in total. The second kappa shape index (κ2) is 9.77. The molecular weight excluding hydrogens is 348 g/mol. The standard InChI is InChI=1S/C25H32O3/c1-3-4-5-6-7-8-9-10-11-14-19-18(2)17-21-20-15-12-13-16-22(20)28-25(27)23(21)24(19)26/h12-13,15-17,26H,3-11,14H2,1-2H3. The first kappa shape index (κ1) is 20.4. The molecule has 2 aromatic carbocycles. The van der Waals surface area contributed by atoms with E-state index in [1.807, 2.05) is 31.2 Å². The minimum Gasteiger partial charge on any atom is -0.507 e. The zero-order valence-electron chi connectivity index (χ0n) is 17.2. The highest BCUT2D eigenvalue weighted by atomic mass is 16.4. The Bertz CT molecular complexity index is 984. The molecule has 1 heterocycles. The van der Waals surface area contributed by atoms with E-state index < -0.39 is 5.63 Å². The van der Waals surface area contributed by atoms with Gasteiger partial charge in [0.15, 0.2) is 0 Å². The van der Waals surface area contributed by atoms with Crippen molar-refractivity contribution in [3.63, 3.8) is 0 Å². The maximum Gasteiger partial charge on any atom is 0.347 e. The molecule has 0 aliphatic heterocycles. The molecule has 0 saturated carbocycles. The van der Waals surface area contributed by atoms with Gasteiger partial charge in [0.1, 0.15) is 16.7 Å². The van der Waals surface area contributed by atoms with Gasteiger partial charge in [-0.25, -0.2) is 4.79 Å². The van der Waals surface area contributed by atoms with Crippen LogP contribution in [0.4, 0.5) is 0 Å². The fraction of sp³-hybridized carbons (Fsp3) is 0.480. The van der Waals surface area contributed by atoms with Gasteiger partial charge in [-0.15, -0.1) is 0 Å². The predicted molar refractivity (Wildman–Crippen MR) is 117 cm³/mol. The number of rotatable bonds is 10. The lowest BCUT2D eigenvalue weighted by Gasteiger charge is -2.12. The van der Waals surface area contributed by atoms with Crippen molar-refractivity contribution in [1.82, 2.24) is 0 Å². The number of aryl methyl sites for hydroxylation is 1. The monoisotopic (exact) mass is 380 g/mol. The zero-order chi connectivity index (χ0) is 19.9. The summed E-state index contributed by atoms with van der Waals surface area (Å²) in [6, 6.07) is 9.52. The topological polar surface area (TPSA) is 50.4 Å². The molecule has 0 atom stereocenters. The van der Waals surface area contributed by atoms with Crippen LogP contribution >= 0.6 is 0 Å². The number of hydrogen-bond donors (Lipinski definition) is 1. The zero-order valence-corrected chi connectivity index (χ0v) is 17.2. The minimum absolute atomic E-state index is 0.106. The molecule has 0 aliphatic rings. The average molecular weight is 381 g/mol. The lowest BCUT2D eigenvalue weighted by molar-refractivity contribution is 0.468. The van der Waals surface area contributed by atoms with Crippen molar-refractivity contribution < 1.29 is 9.52 Å². The number of phenols is 1. The van der Waals surface area contributed by atoms with Crippen LogP contribution in [0.3, 0.4) is 0 Å². The summed E-state index contributed by atoms with van der Waals surface area (Å²) in [5, 5.41) is 12.8. The van der Waals surface area contributed by atoms with Gasteiger partial charge in [0.05, 0.1) is 0 Å². The first-order valence-electron chi connectivity index (χ1n) is 10.8. The smallest absolute Gasteiger partial charge is 0.347 e. The van der Waals surface area contributed by atoms with Crippen LogP contribution in [0.1, 0.15) is 75.8 Å². The fourth-order valence-corrected chi connectivity index (χ4v) is 4.12. The molecule has 0 aliphatic carbocycles. The Morgan fingerprint density at radius 2 is 1.54 bits per heavy atom. The Morgan fingerprint density at radius 3 is 2.25 bits per heavy atom. The third-order valence-electron chi connectivity index (χ3n) is 5.74. The van der Waals surface area contributed by atoms with Gasteiger partial charge in [-0.05, 0) is 43.0 Å². The van der Waals surface area contributed by atoms with Crippen molar-refractivity contribution in [3.05, 3.63) is 51.9 Å². The second-order valence-corrected chi connectivity index (χ2v) is 7.91. The van der Waals surface area contributed by atoms with Gasteiger partial charge in [-0.2, -0.15) is 0 Å². The molecule has 0 fully saturated rings. The second-order valence-electron chi connectivity index (χ2n) is 7.91. The van der Waals surface area contributed by atoms with Crippen LogP contribution in [-0.4, -0.2) is 5.11 Å². The number of fused-ring (bicyclic) bond motifs is 3. The molecule has 3 heteroatoms. The Morgan fingerprint density at radius 1 is 0.893 bits per heavy atom. The van der Waals surface area contributed by atoms with Crippen molar-refractivity contribution in [2.45, 2.75) is 78.1 Å². The Kier molecular flexibility index (Phi) is 7.13. The summed E-state index contributed by atoms with van der Waals surface area (Å²) in [6.07, 6.45) is 12.2. The normalized spacial score (nSPS) is 11.5. The summed E-state index contributed by atoms with van der Waals surface area (Å²) in [6.45, 7) is 4.27. The molecule has 0 radical (unpaired) electrons. The van der Waals surface area contributed by atoms with Crippen molar-refractivity contribution >= 4 is 21.7 Å². The molecule has 1 aromatic heterocycles. The number of unbranched alkanes of at least 4 members (excludes halogenated alkanes) is 8. The number of aromatic hydroxyl groups is 1. The highest BCUT2D eigenvalue weighted by Gasteiger charge is 2.16. The molecule has 3 nitrogen and oxygen atoms in total. The van der Waals surface area contributed by atoms with Crippen LogP contribution in [0.25, 0.3) is 21.7 Å². The lowest BCUT2D eigenvalue weighted by Crippen LogP contribution is -2.03.